The van der Waals surface area contributed by atoms with Gasteiger partial charge in [-0.3, -0.25) is 4.68 Å². The maximum atomic E-state index is 10.5. The molecule has 2 rings (SSSR count). The van der Waals surface area contributed by atoms with Gasteiger partial charge in [-0.25, -0.2) is 0 Å². The molecular weight excluding hydrogens is 278 g/mol. The number of hydrogen-bond acceptors (Lipinski definition) is 4. The molecule has 1 heterocycles. The van der Waals surface area contributed by atoms with Crippen molar-refractivity contribution in [2.24, 2.45) is 7.05 Å². The molecule has 5 heteroatoms. The smallest absolute Gasteiger partial charge is 0.118 e. The third-order valence-corrected chi connectivity index (χ3v) is 3.93. The van der Waals surface area contributed by atoms with Crippen molar-refractivity contribution < 1.29 is 9.84 Å². The minimum Gasteiger partial charge on any atom is -0.497 e. The number of aliphatic hydroxyl groups is 1. The maximum Gasteiger partial charge on any atom is 0.118 e. The van der Waals surface area contributed by atoms with E-state index >= 15 is 0 Å². The second-order valence-electron chi connectivity index (χ2n) is 5.98. The summed E-state index contributed by atoms with van der Waals surface area (Å²) in [6, 6.07) is 8.09. The predicted molar refractivity (Wildman–Crippen MR) is 87.1 cm³/mol. The molecule has 0 saturated heterocycles. The summed E-state index contributed by atoms with van der Waals surface area (Å²) in [5, 5.41) is 18.0. The van der Waals surface area contributed by atoms with Crippen LogP contribution in [0.25, 0.3) is 0 Å². The normalized spacial score (nSPS) is 15.3. The zero-order valence-electron chi connectivity index (χ0n) is 13.7. The van der Waals surface area contributed by atoms with Crippen LogP contribution < -0.4 is 10.1 Å². The van der Waals surface area contributed by atoms with Crippen LogP contribution in [-0.4, -0.2) is 35.1 Å². The SMILES string of the molecule is COc1ccc(C(C)CNCC(C)(O)c2cnn(C)c2)cc1. The molecular formula is C17H25N3O2. The summed E-state index contributed by atoms with van der Waals surface area (Å²) >= 11 is 0. The molecule has 0 aliphatic carbocycles. The number of methoxy groups -OCH3 is 1. The van der Waals surface area contributed by atoms with E-state index in [4.69, 9.17) is 4.74 Å². The number of aryl methyl sites for hydroxylation is 1. The quantitative estimate of drug-likeness (QED) is 0.822. The topological polar surface area (TPSA) is 59.3 Å². The van der Waals surface area contributed by atoms with Crippen molar-refractivity contribution in [3.63, 3.8) is 0 Å². The first-order chi connectivity index (χ1) is 10.4. The number of nitrogens with zero attached hydrogens (tertiary/aromatic N) is 2. The molecule has 0 radical (unpaired) electrons. The van der Waals surface area contributed by atoms with Crippen molar-refractivity contribution >= 4 is 0 Å². The van der Waals surface area contributed by atoms with Crippen LogP contribution in [0, 0.1) is 0 Å². The van der Waals surface area contributed by atoms with Crippen LogP contribution in [0.2, 0.25) is 0 Å². The number of hydrogen-bond donors (Lipinski definition) is 2. The first kappa shape index (κ1) is 16.5. The third kappa shape index (κ3) is 4.08. The van der Waals surface area contributed by atoms with Crippen LogP contribution in [0.5, 0.6) is 5.75 Å². The van der Waals surface area contributed by atoms with E-state index in [9.17, 15) is 5.11 Å². The van der Waals surface area contributed by atoms with Crippen molar-refractivity contribution in [1.29, 1.82) is 0 Å². The van der Waals surface area contributed by atoms with E-state index in [-0.39, 0.29) is 0 Å². The van der Waals surface area contributed by atoms with E-state index in [2.05, 4.69) is 29.5 Å². The van der Waals surface area contributed by atoms with Crippen LogP contribution in [0.1, 0.15) is 30.9 Å². The molecule has 2 aromatic rings. The zero-order valence-corrected chi connectivity index (χ0v) is 13.7. The first-order valence-electron chi connectivity index (χ1n) is 7.48. The van der Waals surface area contributed by atoms with Crippen molar-refractivity contribution in [2.45, 2.75) is 25.4 Å². The van der Waals surface area contributed by atoms with Crippen molar-refractivity contribution in [1.82, 2.24) is 15.1 Å². The Hall–Kier alpha value is -1.85. The van der Waals surface area contributed by atoms with Gasteiger partial charge in [0, 0.05) is 31.9 Å². The lowest BCUT2D eigenvalue weighted by Crippen LogP contribution is -2.36. The Morgan fingerprint density at radius 3 is 2.59 bits per heavy atom. The van der Waals surface area contributed by atoms with Gasteiger partial charge in [0.25, 0.3) is 0 Å². The Morgan fingerprint density at radius 1 is 1.36 bits per heavy atom. The lowest BCUT2D eigenvalue weighted by atomic mass is 9.98. The largest absolute Gasteiger partial charge is 0.497 e. The first-order valence-corrected chi connectivity index (χ1v) is 7.48. The Labute approximate surface area is 131 Å². The van der Waals surface area contributed by atoms with Gasteiger partial charge in [-0.15, -0.1) is 0 Å². The fraction of sp³-hybridized carbons (Fsp3) is 0.471. The maximum absolute atomic E-state index is 10.5. The van der Waals surface area contributed by atoms with E-state index in [0.717, 1.165) is 17.9 Å². The molecule has 0 aliphatic rings. The molecule has 1 aromatic heterocycles. The van der Waals surface area contributed by atoms with Gasteiger partial charge in [-0.2, -0.15) is 5.10 Å². The second-order valence-corrected chi connectivity index (χ2v) is 5.98. The zero-order chi connectivity index (χ0) is 16.2. The predicted octanol–water partition coefficient (Wildman–Crippen LogP) is 2.03. The van der Waals surface area contributed by atoms with Gasteiger partial charge < -0.3 is 15.2 Å². The number of ether oxygens (including phenoxy) is 1. The van der Waals surface area contributed by atoms with Gasteiger partial charge in [0.15, 0.2) is 0 Å². The summed E-state index contributed by atoms with van der Waals surface area (Å²) in [5.74, 6) is 1.22. The Balaban J connectivity index is 1.86. The molecule has 0 bridgehead atoms. The van der Waals surface area contributed by atoms with Crippen molar-refractivity contribution in [2.75, 3.05) is 20.2 Å². The number of rotatable bonds is 7. The highest BCUT2D eigenvalue weighted by Gasteiger charge is 2.24. The lowest BCUT2D eigenvalue weighted by molar-refractivity contribution is 0.0568. The monoisotopic (exact) mass is 303 g/mol. The average Bonchev–Trinajstić information content (AvgIpc) is 2.94. The van der Waals surface area contributed by atoms with E-state index in [1.54, 1.807) is 24.9 Å². The van der Waals surface area contributed by atoms with Crippen LogP contribution in [-0.2, 0) is 12.6 Å². The molecule has 22 heavy (non-hydrogen) atoms. The minimum atomic E-state index is -0.923. The van der Waals surface area contributed by atoms with Crippen molar-refractivity contribution in [3.8, 4) is 5.75 Å². The highest BCUT2D eigenvalue weighted by atomic mass is 16.5. The Kier molecular flexibility index (Phi) is 5.21. The minimum absolute atomic E-state index is 0.357. The summed E-state index contributed by atoms with van der Waals surface area (Å²) in [7, 11) is 3.51. The van der Waals surface area contributed by atoms with E-state index in [1.165, 1.54) is 5.56 Å². The van der Waals surface area contributed by atoms with Gasteiger partial charge in [0.05, 0.1) is 13.3 Å². The standard InChI is InChI=1S/C17H25N3O2/c1-13(14-5-7-16(22-4)8-6-14)9-18-12-17(2,21)15-10-19-20(3)11-15/h5-8,10-11,13,18,21H,9,12H2,1-4H3. The van der Waals surface area contributed by atoms with Gasteiger partial charge in [0.2, 0.25) is 0 Å². The molecule has 0 fully saturated rings. The Morgan fingerprint density at radius 2 is 2.05 bits per heavy atom. The summed E-state index contributed by atoms with van der Waals surface area (Å²) in [4.78, 5) is 0. The van der Waals surface area contributed by atoms with Crippen molar-refractivity contribution in [3.05, 3.63) is 47.8 Å². The molecule has 0 aliphatic heterocycles. The lowest BCUT2D eigenvalue weighted by Gasteiger charge is -2.23. The molecule has 0 amide bonds. The van der Waals surface area contributed by atoms with Gasteiger partial charge in [-0.05, 0) is 30.5 Å². The van der Waals surface area contributed by atoms with Crippen LogP contribution >= 0.6 is 0 Å². The molecule has 1 aromatic carbocycles. The third-order valence-electron chi connectivity index (χ3n) is 3.93. The average molecular weight is 303 g/mol. The molecule has 5 nitrogen and oxygen atoms in total. The Bertz CT molecular complexity index is 590. The van der Waals surface area contributed by atoms with Crippen LogP contribution in [0.4, 0.5) is 0 Å². The summed E-state index contributed by atoms with van der Waals surface area (Å²) in [6.07, 6.45) is 3.54. The van der Waals surface area contributed by atoms with E-state index in [1.807, 2.05) is 25.4 Å². The van der Waals surface area contributed by atoms with Crippen LogP contribution in [0.15, 0.2) is 36.7 Å². The van der Waals surface area contributed by atoms with E-state index in [0.29, 0.717) is 12.5 Å². The van der Waals surface area contributed by atoms with Gasteiger partial charge >= 0.3 is 0 Å². The second kappa shape index (κ2) is 6.94. The van der Waals surface area contributed by atoms with Crippen LogP contribution in [0.3, 0.4) is 0 Å². The number of nitrogens with one attached hydrogen (secondary N) is 1. The molecule has 0 spiro atoms. The molecule has 2 N–H and O–H groups in total. The molecule has 2 unspecified atom stereocenters. The fourth-order valence-electron chi connectivity index (χ4n) is 2.38. The summed E-state index contributed by atoms with van der Waals surface area (Å²) in [5.41, 5.74) is 1.14. The highest BCUT2D eigenvalue weighted by Crippen LogP contribution is 2.21. The molecule has 0 saturated carbocycles. The summed E-state index contributed by atoms with van der Waals surface area (Å²) in [6.45, 7) is 5.24. The number of benzene rings is 1. The summed E-state index contributed by atoms with van der Waals surface area (Å²) < 4.78 is 6.87. The highest BCUT2D eigenvalue weighted by molar-refractivity contribution is 5.29. The number of aromatic nitrogens is 2. The molecule has 2 atom stereocenters. The van der Waals surface area contributed by atoms with Gasteiger partial charge in [-0.1, -0.05) is 19.1 Å². The molecule has 120 valence electrons. The van der Waals surface area contributed by atoms with E-state index < -0.39 is 5.60 Å². The van der Waals surface area contributed by atoms with Gasteiger partial charge in [0.1, 0.15) is 11.4 Å². The fourth-order valence-corrected chi connectivity index (χ4v) is 2.38.